The smallest absolute Gasteiger partial charge is 0.279 e. The van der Waals surface area contributed by atoms with Gasteiger partial charge < -0.3 is 0 Å². The fourth-order valence-corrected chi connectivity index (χ4v) is 0.564. The van der Waals surface area contributed by atoms with Crippen LogP contribution in [0.15, 0.2) is 0 Å². The Labute approximate surface area is 48.0 Å². The lowest BCUT2D eigenvalue weighted by molar-refractivity contribution is 0.511. The fourth-order valence-electron chi connectivity index (χ4n) is 0.231. The monoisotopic (exact) mass is 118 g/mol. The molecule has 0 saturated carbocycles. The number of rotatable bonds is 3. The highest BCUT2D eigenvalue weighted by Gasteiger charge is 1.90. The van der Waals surface area contributed by atoms with Crippen LogP contribution in [0.5, 0.6) is 0 Å². The normalized spacial score (nSPS) is 8.29. The van der Waals surface area contributed by atoms with Gasteiger partial charge in [-0.25, -0.2) is 0 Å². The van der Waals surface area contributed by atoms with Crippen LogP contribution in [0, 0.1) is 0 Å². The van der Waals surface area contributed by atoms with Gasteiger partial charge in [0.05, 0.1) is 0 Å². The molecule has 0 spiro atoms. The van der Waals surface area contributed by atoms with E-state index < -0.39 is 0 Å². The van der Waals surface area contributed by atoms with Crippen molar-refractivity contribution >= 4 is 18.4 Å². The maximum absolute atomic E-state index is 9.75. The SMILES string of the molecule is CCN([C]=O)SC. The van der Waals surface area contributed by atoms with Crippen LogP contribution in [0.25, 0.3) is 0 Å². The van der Waals surface area contributed by atoms with E-state index in [4.69, 9.17) is 0 Å². The second-order valence-corrected chi connectivity index (χ2v) is 1.77. The van der Waals surface area contributed by atoms with Crippen LogP contribution in [0.2, 0.25) is 0 Å². The van der Waals surface area contributed by atoms with Gasteiger partial charge in [-0.2, -0.15) is 0 Å². The zero-order valence-electron chi connectivity index (χ0n) is 4.47. The molecule has 0 unspecified atom stereocenters. The molecule has 0 rings (SSSR count). The van der Waals surface area contributed by atoms with Crippen LogP contribution in [0.4, 0.5) is 0 Å². The molecule has 0 aromatic heterocycles. The van der Waals surface area contributed by atoms with Crippen LogP contribution >= 0.6 is 11.9 Å². The average Bonchev–Trinajstić information content (AvgIpc) is 1.72. The largest absolute Gasteiger partial charge is 0.322 e. The lowest BCUT2D eigenvalue weighted by atomic mass is 10.8. The summed E-state index contributed by atoms with van der Waals surface area (Å²) in [6.07, 6.45) is 3.59. The Morgan fingerprint density at radius 2 is 2.43 bits per heavy atom. The minimum atomic E-state index is 0.727. The van der Waals surface area contributed by atoms with Gasteiger partial charge >= 0.3 is 6.41 Å². The molecule has 0 bridgehead atoms. The molecule has 0 aliphatic carbocycles. The summed E-state index contributed by atoms with van der Waals surface area (Å²) in [6.45, 7) is 2.63. The standard InChI is InChI=1S/C4H8NOS/c1-3-5(4-6)7-2/h3H2,1-2H3. The van der Waals surface area contributed by atoms with Crippen LogP contribution in [0.1, 0.15) is 6.92 Å². The van der Waals surface area contributed by atoms with E-state index in [-0.39, 0.29) is 0 Å². The van der Waals surface area contributed by atoms with E-state index in [0.29, 0.717) is 0 Å². The van der Waals surface area contributed by atoms with Crippen molar-refractivity contribution in [2.24, 2.45) is 0 Å². The van der Waals surface area contributed by atoms with E-state index in [2.05, 4.69) is 0 Å². The van der Waals surface area contributed by atoms with Crippen molar-refractivity contribution in [2.45, 2.75) is 6.92 Å². The second-order valence-electron chi connectivity index (χ2n) is 0.969. The molecule has 0 aliphatic heterocycles. The summed E-state index contributed by atoms with van der Waals surface area (Å²) >= 11 is 1.38. The summed E-state index contributed by atoms with van der Waals surface area (Å²) in [7, 11) is 0. The van der Waals surface area contributed by atoms with Gasteiger partial charge in [-0.15, -0.1) is 0 Å². The predicted molar refractivity (Wildman–Crippen MR) is 31.6 cm³/mol. The number of carbonyl (C=O) groups excluding carboxylic acids is 1. The van der Waals surface area contributed by atoms with E-state index in [1.807, 2.05) is 13.2 Å². The van der Waals surface area contributed by atoms with Crippen molar-refractivity contribution in [3.63, 3.8) is 0 Å². The molecule has 0 aromatic rings. The molecule has 7 heavy (non-hydrogen) atoms. The minimum absolute atomic E-state index is 0.727. The molecular formula is C4H8NOS. The van der Waals surface area contributed by atoms with E-state index in [1.54, 1.807) is 6.41 Å². The van der Waals surface area contributed by atoms with Gasteiger partial charge in [0, 0.05) is 12.8 Å². The third-order valence-electron chi connectivity index (χ3n) is 0.609. The molecule has 3 heteroatoms. The first-order valence-electron chi connectivity index (χ1n) is 2.04. The molecule has 0 N–H and O–H groups in total. The summed E-state index contributed by atoms with van der Waals surface area (Å²) in [5.74, 6) is 0. The van der Waals surface area contributed by atoms with E-state index in [0.717, 1.165) is 6.54 Å². The highest BCUT2D eigenvalue weighted by molar-refractivity contribution is 7.96. The van der Waals surface area contributed by atoms with E-state index in [1.165, 1.54) is 16.3 Å². The molecule has 0 aliphatic rings. The van der Waals surface area contributed by atoms with Gasteiger partial charge in [-0.1, -0.05) is 11.9 Å². The Balaban J connectivity index is 3.16. The molecule has 0 saturated heterocycles. The Kier molecular flexibility index (Phi) is 3.89. The molecule has 2 nitrogen and oxygen atoms in total. The topological polar surface area (TPSA) is 20.3 Å². The van der Waals surface area contributed by atoms with Crippen LogP contribution in [-0.4, -0.2) is 23.5 Å². The fraction of sp³-hybridized carbons (Fsp3) is 0.750. The van der Waals surface area contributed by atoms with Crippen molar-refractivity contribution < 1.29 is 4.79 Å². The van der Waals surface area contributed by atoms with Gasteiger partial charge in [0.15, 0.2) is 0 Å². The Bertz CT molecular complexity index is 53.7. The van der Waals surface area contributed by atoms with Gasteiger partial charge in [0.25, 0.3) is 0 Å². The van der Waals surface area contributed by atoms with Crippen molar-refractivity contribution in [1.29, 1.82) is 0 Å². The van der Waals surface area contributed by atoms with E-state index in [9.17, 15) is 4.79 Å². The summed E-state index contributed by atoms with van der Waals surface area (Å²) in [5, 5.41) is 0. The Hall–Kier alpha value is -0.180. The molecule has 1 radical (unpaired) electrons. The van der Waals surface area contributed by atoms with Crippen molar-refractivity contribution in [3.05, 3.63) is 0 Å². The number of amides is 1. The lowest BCUT2D eigenvalue weighted by Gasteiger charge is -2.05. The summed E-state index contributed by atoms with van der Waals surface area (Å²) in [6, 6.07) is 0. The summed E-state index contributed by atoms with van der Waals surface area (Å²) in [5.41, 5.74) is 0. The third-order valence-corrected chi connectivity index (χ3v) is 1.38. The molecule has 0 fully saturated rings. The summed E-state index contributed by atoms with van der Waals surface area (Å²) in [4.78, 5) is 9.75. The first-order valence-corrected chi connectivity index (χ1v) is 3.22. The average molecular weight is 118 g/mol. The van der Waals surface area contributed by atoms with E-state index >= 15 is 0 Å². The Morgan fingerprint density at radius 3 is 2.43 bits per heavy atom. The maximum atomic E-state index is 9.75. The second kappa shape index (κ2) is 3.99. The molecule has 0 aromatic carbocycles. The third kappa shape index (κ3) is 2.51. The van der Waals surface area contributed by atoms with Crippen LogP contribution < -0.4 is 0 Å². The van der Waals surface area contributed by atoms with Crippen LogP contribution in [0.3, 0.4) is 0 Å². The van der Waals surface area contributed by atoms with Crippen molar-refractivity contribution in [2.75, 3.05) is 12.8 Å². The van der Waals surface area contributed by atoms with Crippen LogP contribution in [-0.2, 0) is 4.79 Å². The minimum Gasteiger partial charge on any atom is -0.279 e. The Morgan fingerprint density at radius 1 is 1.86 bits per heavy atom. The number of hydrogen-bond acceptors (Lipinski definition) is 2. The van der Waals surface area contributed by atoms with Gasteiger partial charge in [-0.05, 0) is 6.92 Å². The first-order chi connectivity index (χ1) is 3.35. The molecular weight excluding hydrogens is 110 g/mol. The van der Waals surface area contributed by atoms with Gasteiger partial charge in [-0.3, -0.25) is 9.10 Å². The van der Waals surface area contributed by atoms with Crippen molar-refractivity contribution in [1.82, 2.24) is 4.31 Å². The maximum Gasteiger partial charge on any atom is 0.322 e. The molecule has 41 valence electrons. The molecule has 0 heterocycles. The number of nitrogens with zero attached hydrogens (tertiary/aromatic N) is 1. The quantitative estimate of drug-likeness (QED) is 0.400. The van der Waals surface area contributed by atoms with Gasteiger partial charge in [0.1, 0.15) is 0 Å². The highest BCUT2D eigenvalue weighted by atomic mass is 32.2. The van der Waals surface area contributed by atoms with Gasteiger partial charge in [0.2, 0.25) is 0 Å². The zero-order chi connectivity index (χ0) is 5.70. The molecule has 0 atom stereocenters. The number of hydrogen-bond donors (Lipinski definition) is 0. The molecule has 1 amide bonds. The first kappa shape index (κ1) is 6.82. The summed E-state index contributed by atoms with van der Waals surface area (Å²) < 4.78 is 1.49. The van der Waals surface area contributed by atoms with Crippen molar-refractivity contribution in [3.8, 4) is 0 Å². The zero-order valence-corrected chi connectivity index (χ0v) is 5.29. The highest BCUT2D eigenvalue weighted by Crippen LogP contribution is 1.97. The predicted octanol–water partition coefficient (Wildman–Crippen LogP) is 0.653. The lowest BCUT2D eigenvalue weighted by Crippen LogP contribution is -2.10.